The Morgan fingerprint density at radius 3 is 2.40 bits per heavy atom. The molecule has 0 amide bonds. The van der Waals surface area contributed by atoms with Crippen molar-refractivity contribution in [2.45, 2.75) is 6.92 Å². The molecule has 0 aromatic heterocycles. The largest absolute Gasteiger partial charge is 0.145 e. The van der Waals surface area contributed by atoms with Crippen molar-refractivity contribution in [3.8, 4) is 0 Å². The maximum absolute atomic E-state index is 9.75. The Labute approximate surface area is 59.8 Å². The van der Waals surface area contributed by atoms with Crippen LogP contribution in [0.2, 0.25) is 0 Å². The molecule has 2 heteroatoms. The zero-order valence-corrected chi connectivity index (χ0v) is 5.74. The number of hydrogen-bond acceptors (Lipinski definition) is 1. The van der Waals surface area contributed by atoms with E-state index in [0.717, 1.165) is 5.56 Å². The fraction of sp³-hybridized carbons (Fsp3) is 0.125. The monoisotopic (exact) mass is 134 g/mol. The first-order valence-electron chi connectivity index (χ1n) is 3.05. The lowest BCUT2D eigenvalue weighted by atomic mass is 10.2. The molecule has 1 aromatic rings. The third-order valence-corrected chi connectivity index (χ3v) is 1.28. The molecule has 0 atom stereocenters. The second-order valence-corrected chi connectivity index (χ2v) is 2.15. The van der Waals surface area contributed by atoms with Gasteiger partial charge in [0.2, 0.25) is 0 Å². The predicted molar refractivity (Wildman–Crippen MR) is 39.5 cm³/mol. The van der Waals surface area contributed by atoms with Crippen molar-refractivity contribution in [3.05, 3.63) is 35.4 Å². The average molecular weight is 134 g/mol. The summed E-state index contributed by atoms with van der Waals surface area (Å²) in [7, 11) is 0. The van der Waals surface area contributed by atoms with Gasteiger partial charge in [0.25, 0.3) is 0 Å². The molecule has 0 N–H and O–H groups in total. The number of aryl methyl sites for hydroxylation is 1. The summed E-state index contributed by atoms with van der Waals surface area (Å²) in [5.41, 5.74) is 2.03. The maximum atomic E-state index is 9.75. The normalized spacial score (nSPS) is 10.5. The Balaban J connectivity index is 2.89. The van der Waals surface area contributed by atoms with Crippen molar-refractivity contribution in [1.82, 2.24) is 0 Å². The van der Waals surface area contributed by atoms with E-state index < -0.39 is 0 Å². The van der Waals surface area contributed by atoms with Gasteiger partial charge in [-0.05, 0) is 17.6 Å². The molecule has 0 aliphatic heterocycles. The summed E-state index contributed by atoms with van der Waals surface area (Å²) in [6.45, 7) is 2.00. The summed E-state index contributed by atoms with van der Waals surface area (Å²) in [6, 6.07) is 7.60. The summed E-state index contributed by atoms with van der Waals surface area (Å²) >= 11 is 0. The van der Waals surface area contributed by atoms with Crippen LogP contribution in [0, 0.1) is 6.92 Å². The molecule has 0 bridgehead atoms. The van der Waals surface area contributed by atoms with Crippen LogP contribution in [0.3, 0.4) is 0 Å². The molecule has 1 aromatic carbocycles. The van der Waals surface area contributed by atoms with Crippen LogP contribution in [0.1, 0.15) is 11.1 Å². The van der Waals surface area contributed by atoms with E-state index in [-0.39, 0.29) is 0 Å². The highest BCUT2D eigenvalue weighted by Crippen LogP contribution is 1.99. The van der Waals surface area contributed by atoms with Crippen LogP contribution >= 0.6 is 0 Å². The standard InChI is InChI=1S/C8H8NO/c1-7-2-4-8(5-3-7)6-9-10/h2-6H,1H3. The minimum Gasteiger partial charge on any atom is -0.145 e. The molecular formula is C8H8NO. The van der Waals surface area contributed by atoms with Crippen molar-refractivity contribution in [1.29, 1.82) is 0 Å². The maximum Gasteiger partial charge on any atom is 0.0787 e. The van der Waals surface area contributed by atoms with Gasteiger partial charge in [0.05, 0.1) is 6.21 Å². The highest BCUT2D eigenvalue weighted by atomic mass is 16.4. The molecule has 0 aliphatic rings. The second kappa shape index (κ2) is 3.01. The van der Waals surface area contributed by atoms with Crippen LogP contribution in [-0.4, -0.2) is 6.21 Å². The van der Waals surface area contributed by atoms with E-state index >= 15 is 0 Å². The molecule has 0 heterocycles. The van der Waals surface area contributed by atoms with Crippen LogP contribution in [0.4, 0.5) is 0 Å². The van der Waals surface area contributed by atoms with Gasteiger partial charge in [-0.2, -0.15) is 0 Å². The summed E-state index contributed by atoms with van der Waals surface area (Å²) in [5.74, 6) is 0. The Morgan fingerprint density at radius 2 is 1.90 bits per heavy atom. The molecule has 0 spiro atoms. The molecule has 1 radical (unpaired) electrons. The summed E-state index contributed by atoms with van der Waals surface area (Å²) in [4.78, 5) is 0. The fourth-order valence-corrected chi connectivity index (χ4v) is 0.713. The third-order valence-electron chi connectivity index (χ3n) is 1.28. The van der Waals surface area contributed by atoms with Crippen molar-refractivity contribution >= 4 is 6.21 Å². The minimum absolute atomic E-state index is 0.848. The molecule has 0 saturated carbocycles. The molecule has 10 heavy (non-hydrogen) atoms. The van der Waals surface area contributed by atoms with Crippen LogP contribution in [0.5, 0.6) is 0 Å². The zero-order chi connectivity index (χ0) is 7.40. The van der Waals surface area contributed by atoms with Gasteiger partial charge in [-0.3, -0.25) is 0 Å². The molecule has 1 rings (SSSR count). The lowest BCUT2D eigenvalue weighted by molar-refractivity contribution is 0.211. The molecule has 51 valence electrons. The molecule has 0 fully saturated rings. The topological polar surface area (TPSA) is 32.3 Å². The smallest absolute Gasteiger partial charge is 0.0787 e. The van der Waals surface area contributed by atoms with Gasteiger partial charge in [-0.15, -0.1) is 5.21 Å². The molecular weight excluding hydrogens is 126 g/mol. The number of rotatable bonds is 1. The molecule has 0 unspecified atom stereocenters. The van der Waals surface area contributed by atoms with E-state index in [9.17, 15) is 5.21 Å². The Morgan fingerprint density at radius 1 is 1.30 bits per heavy atom. The van der Waals surface area contributed by atoms with Crippen LogP contribution in [0.25, 0.3) is 0 Å². The lowest BCUT2D eigenvalue weighted by Crippen LogP contribution is -1.79. The van der Waals surface area contributed by atoms with Gasteiger partial charge >= 0.3 is 0 Å². The number of hydrogen-bond donors (Lipinski definition) is 0. The van der Waals surface area contributed by atoms with E-state index in [4.69, 9.17) is 0 Å². The second-order valence-electron chi connectivity index (χ2n) is 2.15. The Kier molecular flexibility index (Phi) is 2.05. The van der Waals surface area contributed by atoms with E-state index in [1.807, 2.05) is 31.2 Å². The van der Waals surface area contributed by atoms with Gasteiger partial charge in [0, 0.05) is 0 Å². The summed E-state index contributed by atoms with van der Waals surface area (Å²) in [5, 5.41) is 12.4. The third kappa shape index (κ3) is 1.58. The van der Waals surface area contributed by atoms with Gasteiger partial charge in [-0.1, -0.05) is 29.8 Å². The Hall–Kier alpha value is -1.31. The highest BCUT2D eigenvalue weighted by molar-refractivity contribution is 5.78. The first-order valence-corrected chi connectivity index (χ1v) is 3.05. The van der Waals surface area contributed by atoms with Crippen molar-refractivity contribution in [3.63, 3.8) is 0 Å². The molecule has 2 nitrogen and oxygen atoms in total. The number of benzene rings is 1. The van der Waals surface area contributed by atoms with Gasteiger partial charge in [-0.25, -0.2) is 0 Å². The van der Waals surface area contributed by atoms with Crippen LogP contribution in [-0.2, 0) is 5.21 Å². The quantitative estimate of drug-likeness (QED) is 0.414. The summed E-state index contributed by atoms with van der Waals surface area (Å²) < 4.78 is 0. The highest BCUT2D eigenvalue weighted by Gasteiger charge is 1.85. The Bertz CT molecular complexity index is 226. The van der Waals surface area contributed by atoms with E-state index in [0.29, 0.717) is 0 Å². The minimum atomic E-state index is 0.848. The zero-order valence-electron chi connectivity index (χ0n) is 5.74. The van der Waals surface area contributed by atoms with Crippen LogP contribution < -0.4 is 0 Å². The lowest BCUT2D eigenvalue weighted by Gasteiger charge is -1.90. The first-order chi connectivity index (χ1) is 4.83. The van der Waals surface area contributed by atoms with E-state index in [1.54, 1.807) is 0 Å². The van der Waals surface area contributed by atoms with E-state index in [1.165, 1.54) is 11.8 Å². The van der Waals surface area contributed by atoms with Crippen molar-refractivity contribution < 1.29 is 5.21 Å². The molecule has 0 aliphatic carbocycles. The van der Waals surface area contributed by atoms with Crippen LogP contribution in [0.15, 0.2) is 29.4 Å². The predicted octanol–water partition coefficient (Wildman–Crippen LogP) is 1.76. The van der Waals surface area contributed by atoms with E-state index in [2.05, 4.69) is 5.16 Å². The van der Waals surface area contributed by atoms with Gasteiger partial charge in [0.1, 0.15) is 0 Å². The average Bonchev–Trinajstić information content (AvgIpc) is 1.95. The van der Waals surface area contributed by atoms with Crippen molar-refractivity contribution in [2.24, 2.45) is 5.16 Å². The molecule has 0 saturated heterocycles. The van der Waals surface area contributed by atoms with Gasteiger partial charge in [0.15, 0.2) is 0 Å². The first kappa shape index (κ1) is 6.81. The SMILES string of the molecule is Cc1ccc(C=N[O])cc1. The van der Waals surface area contributed by atoms with Gasteiger partial charge < -0.3 is 0 Å². The number of nitrogens with zero attached hydrogens (tertiary/aromatic N) is 1. The summed E-state index contributed by atoms with van der Waals surface area (Å²) in [6.07, 6.45) is 1.29. The van der Waals surface area contributed by atoms with Crippen molar-refractivity contribution in [2.75, 3.05) is 0 Å². The fourth-order valence-electron chi connectivity index (χ4n) is 0.713.